The molecule has 0 spiro atoms. The standard InChI is InChI=1S/C25H31FN8O2/c1-32(2)14-16-15-34(20-12-17(26)4-5-18(16)20)21-6-7-29-23(30-21)25(28)13-19(27)22(31-24(25)35-3)33-8-10-36-11-9-33/h4-7,12-13,15,24H,8-11,14,27-28H2,1-3H3. The van der Waals surface area contributed by atoms with Crippen LogP contribution in [-0.2, 0) is 21.6 Å². The molecule has 190 valence electrons. The molecule has 36 heavy (non-hydrogen) atoms. The molecule has 4 heterocycles. The van der Waals surface area contributed by atoms with Crippen LogP contribution in [0, 0.1) is 5.82 Å². The summed E-state index contributed by atoms with van der Waals surface area (Å²) in [5.74, 6) is 1.15. The third kappa shape index (κ3) is 4.35. The van der Waals surface area contributed by atoms with E-state index in [4.69, 9.17) is 30.9 Å². The Morgan fingerprint density at radius 3 is 2.75 bits per heavy atom. The molecule has 2 aliphatic heterocycles. The summed E-state index contributed by atoms with van der Waals surface area (Å²) in [4.78, 5) is 18.1. The number of hydrogen-bond donors (Lipinski definition) is 2. The van der Waals surface area contributed by atoms with Gasteiger partial charge in [0.1, 0.15) is 23.0 Å². The summed E-state index contributed by atoms with van der Waals surface area (Å²) in [6.07, 6.45) is 4.51. The van der Waals surface area contributed by atoms with Crippen LogP contribution in [0.5, 0.6) is 0 Å². The molecule has 2 aromatic heterocycles. The molecule has 5 rings (SSSR count). The van der Waals surface area contributed by atoms with E-state index in [2.05, 4.69) is 14.8 Å². The summed E-state index contributed by atoms with van der Waals surface area (Å²) in [7, 11) is 5.52. The summed E-state index contributed by atoms with van der Waals surface area (Å²) in [6.45, 7) is 3.26. The second kappa shape index (κ2) is 9.58. The molecule has 2 aliphatic rings. The highest BCUT2D eigenvalue weighted by atomic mass is 19.1. The molecule has 2 unspecified atom stereocenters. The fraction of sp³-hybridized carbons (Fsp3) is 0.400. The van der Waals surface area contributed by atoms with E-state index in [1.54, 1.807) is 31.5 Å². The zero-order valence-corrected chi connectivity index (χ0v) is 20.7. The van der Waals surface area contributed by atoms with Gasteiger partial charge in [0.15, 0.2) is 12.1 Å². The fourth-order valence-corrected chi connectivity index (χ4v) is 4.77. The summed E-state index contributed by atoms with van der Waals surface area (Å²) < 4.78 is 27.2. The molecule has 0 bridgehead atoms. The quantitative estimate of drug-likeness (QED) is 0.545. The van der Waals surface area contributed by atoms with Crippen molar-refractivity contribution in [2.24, 2.45) is 16.5 Å². The van der Waals surface area contributed by atoms with Crippen molar-refractivity contribution < 1.29 is 13.9 Å². The average molecular weight is 495 g/mol. The Morgan fingerprint density at radius 1 is 1.25 bits per heavy atom. The normalized spacial score (nSPS) is 22.7. The molecule has 0 saturated carbocycles. The maximum atomic E-state index is 14.2. The summed E-state index contributed by atoms with van der Waals surface area (Å²) in [5.41, 5.74) is 14.2. The van der Waals surface area contributed by atoms with Gasteiger partial charge in [0.2, 0.25) is 0 Å². The van der Waals surface area contributed by atoms with Gasteiger partial charge in [-0.2, -0.15) is 0 Å². The van der Waals surface area contributed by atoms with E-state index in [9.17, 15) is 4.39 Å². The van der Waals surface area contributed by atoms with Crippen LogP contribution in [0.15, 0.2) is 53.4 Å². The van der Waals surface area contributed by atoms with Crippen molar-refractivity contribution in [3.05, 3.63) is 65.6 Å². The number of rotatable bonds is 5. The first kappa shape index (κ1) is 24.3. The molecule has 0 radical (unpaired) electrons. The molecule has 4 N–H and O–H groups in total. The fourth-order valence-electron chi connectivity index (χ4n) is 4.77. The van der Waals surface area contributed by atoms with Gasteiger partial charge in [-0.1, -0.05) is 0 Å². The molecule has 0 amide bonds. The molecule has 1 fully saturated rings. The number of ether oxygens (including phenoxy) is 2. The van der Waals surface area contributed by atoms with Crippen molar-refractivity contribution in [1.29, 1.82) is 0 Å². The van der Waals surface area contributed by atoms with Crippen LogP contribution in [0.25, 0.3) is 16.7 Å². The number of amidine groups is 1. The van der Waals surface area contributed by atoms with Crippen LogP contribution >= 0.6 is 0 Å². The van der Waals surface area contributed by atoms with Crippen LogP contribution in [-0.4, -0.2) is 83.9 Å². The van der Waals surface area contributed by atoms with Crippen molar-refractivity contribution in [2.45, 2.75) is 18.3 Å². The van der Waals surface area contributed by atoms with Gasteiger partial charge >= 0.3 is 0 Å². The van der Waals surface area contributed by atoms with E-state index in [0.29, 0.717) is 61.5 Å². The van der Waals surface area contributed by atoms with Crippen molar-refractivity contribution in [3.8, 4) is 5.82 Å². The molecular weight excluding hydrogens is 463 g/mol. The number of hydrogen-bond acceptors (Lipinski definition) is 9. The lowest BCUT2D eigenvalue weighted by molar-refractivity contribution is 0.0469. The van der Waals surface area contributed by atoms with Gasteiger partial charge in [-0.25, -0.2) is 19.4 Å². The molecular formula is C25H31FN8O2. The third-order valence-electron chi connectivity index (χ3n) is 6.45. The molecule has 3 aromatic rings. The Labute approximate surface area is 209 Å². The van der Waals surface area contributed by atoms with Crippen molar-refractivity contribution in [1.82, 2.24) is 24.3 Å². The van der Waals surface area contributed by atoms with E-state index in [-0.39, 0.29) is 5.82 Å². The Bertz CT molecular complexity index is 1330. The zero-order valence-electron chi connectivity index (χ0n) is 20.7. The van der Waals surface area contributed by atoms with Crippen molar-refractivity contribution in [3.63, 3.8) is 0 Å². The second-order valence-electron chi connectivity index (χ2n) is 9.33. The van der Waals surface area contributed by atoms with E-state index in [0.717, 1.165) is 10.9 Å². The summed E-state index contributed by atoms with van der Waals surface area (Å²) in [5, 5.41) is 0.948. The number of halogens is 1. The number of aliphatic imine (C=N–C) groups is 1. The van der Waals surface area contributed by atoms with Gasteiger partial charge < -0.3 is 35.3 Å². The average Bonchev–Trinajstić information content (AvgIpc) is 3.21. The predicted molar refractivity (Wildman–Crippen MR) is 135 cm³/mol. The lowest BCUT2D eigenvalue weighted by atomic mass is 9.93. The molecule has 2 atom stereocenters. The van der Waals surface area contributed by atoms with Crippen LogP contribution in [0.1, 0.15) is 11.4 Å². The Morgan fingerprint density at radius 2 is 2.03 bits per heavy atom. The number of fused-ring (bicyclic) bond motifs is 1. The number of morpholine rings is 1. The van der Waals surface area contributed by atoms with E-state index in [1.807, 2.05) is 24.9 Å². The van der Waals surface area contributed by atoms with Crippen LogP contribution < -0.4 is 11.5 Å². The number of benzene rings is 1. The Balaban J connectivity index is 1.56. The number of methoxy groups -OCH3 is 1. The van der Waals surface area contributed by atoms with Gasteiger partial charge in [0.05, 0.1) is 24.4 Å². The van der Waals surface area contributed by atoms with E-state index in [1.165, 1.54) is 12.1 Å². The molecule has 10 nitrogen and oxygen atoms in total. The first-order valence-corrected chi connectivity index (χ1v) is 11.8. The zero-order chi connectivity index (χ0) is 25.4. The maximum Gasteiger partial charge on any atom is 0.179 e. The van der Waals surface area contributed by atoms with Crippen LogP contribution in [0.3, 0.4) is 0 Å². The maximum absolute atomic E-state index is 14.2. The SMILES string of the molecule is COC1N=C(N2CCOCC2)C(N)=CC1(N)c1nccc(-n2cc(CN(C)C)c3ccc(F)cc32)n1. The minimum Gasteiger partial charge on any atom is -0.396 e. The molecule has 0 aliphatic carbocycles. The lowest BCUT2D eigenvalue weighted by Gasteiger charge is -2.38. The van der Waals surface area contributed by atoms with Crippen molar-refractivity contribution >= 4 is 16.7 Å². The number of nitrogens with two attached hydrogens (primary N) is 2. The largest absolute Gasteiger partial charge is 0.396 e. The second-order valence-corrected chi connectivity index (χ2v) is 9.33. The number of dihydropyridines is 1. The number of aromatic nitrogens is 3. The highest BCUT2D eigenvalue weighted by Gasteiger charge is 2.43. The summed E-state index contributed by atoms with van der Waals surface area (Å²) in [6, 6.07) is 6.52. The first-order chi connectivity index (χ1) is 17.3. The van der Waals surface area contributed by atoms with Gasteiger partial charge in [-0.3, -0.25) is 0 Å². The van der Waals surface area contributed by atoms with Crippen LogP contribution in [0.4, 0.5) is 4.39 Å². The smallest absolute Gasteiger partial charge is 0.179 e. The molecule has 1 aromatic carbocycles. The number of nitrogens with zero attached hydrogens (tertiary/aromatic N) is 6. The van der Waals surface area contributed by atoms with Crippen LogP contribution in [0.2, 0.25) is 0 Å². The van der Waals surface area contributed by atoms with E-state index >= 15 is 0 Å². The van der Waals surface area contributed by atoms with E-state index < -0.39 is 11.8 Å². The Kier molecular flexibility index (Phi) is 6.47. The Hall–Kier alpha value is -3.38. The monoisotopic (exact) mass is 494 g/mol. The lowest BCUT2D eigenvalue weighted by Crippen LogP contribution is -2.54. The predicted octanol–water partition coefficient (Wildman–Crippen LogP) is 1.33. The van der Waals surface area contributed by atoms with Gasteiger partial charge in [-0.05, 0) is 50.0 Å². The highest BCUT2D eigenvalue weighted by molar-refractivity contribution is 5.98. The molecule has 1 saturated heterocycles. The minimum absolute atomic E-state index is 0.298. The third-order valence-corrected chi connectivity index (χ3v) is 6.45. The van der Waals surface area contributed by atoms with Crippen molar-refractivity contribution in [2.75, 3.05) is 47.5 Å². The first-order valence-electron chi connectivity index (χ1n) is 11.8. The highest BCUT2D eigenvalue weighted by Crippen LogP contribution is 2.31. The van der Waals surface area contributed by atoms with Gasteiger partial charge in [-0.15, -0.1) is 0 Å². The van der Waals surface area contributed by atoms with Gasteiger partial charge in [0.25, 0.3) is 0 Å². The van der Waals surface area contributed by atoms with Gasteiger partial charge in [0, 0.05) is 44.5 Å². The summed E-state index contributed by atoms with van der Waals surface area (Å²) >= 11 is 0. The minimum atomic E-state index is -1.30. The molecule has 11 heteroatoms. The topological polar surface area (TPSA) is 120 Å².